The largest absolute Gasteiger partial charge is 1.00 e. The molecule has 0 fully saturated rings. The molecule has 136 valence electrons. The maximum Gasteiger partial charge on any atom is -1.00 e. The maximum atomic E-state index is 12.7. The van der Waals surface area contributed by atoms with Gasteiger partial charge in [-0.25, -0.2) is 0 Å². The van der Waals surface area contributed by atoms with Gasteiger partial charge in [-0.15, -0.1) is 0 Å². The number of rotatable bonds is 3. The van der Waals surface area contributed by atoms with E-state index in [9.17, 15) is 4.79 Å². The number of hydrogen-bond acceptors (Lipinski definition) is 2. The van der Waals surface area contributed by atoms with E-state index >= 15 is 0 Å². The fourth-order valence-corrected chi connectivity index (χ4v) is 5.05. The number of fused-ring (bicyclic) bond motifs is 1. The van der Waals surface area contributed by atoms with Crippen LogP contribution in [0.4, 0.5) is 0 Å². The van der Waals surface area contributed by atoms with E-state index in [4.69, 9.17) is 3.32 Å². The Morgan fingerprint density at radius 3 is 2.15 bits per heavy atom. The van der Waals surface area contributed by atoms with E-state index in [2.05, 4.69) is 34.6 Å². The van der Waals surface area contributed by atoms with E-state index < -0.39 is 19.5 Å². The Balaban J connectivity index is 0.00000169. The minimum absolute atomic E-state index is 0. The van der Waals surface area contributed by atoms with Gasteiger partial charge in [-0.2, -0.15) is 0 Å². The SMILES string of the molecule is CC1=C(C)C(C)(C)[C]([Ti+2][O]C(=O)c2cccc3ccccc23)=C1C.[Cl-].[Cl-]. The molecule has 2 aromatic rings. The molecule has 5 heteroatoms. The second-order valence-corrected chi connectivity index (χ2v) is 8.31. The predicted octanol–water partition coefficient (Wildman–Crippen LogP) is -0.348. The summed E-state index contributed by atoms with van der Waals surface area (Å²) < 4.78 is 7.15. The van der Waals surface area contributed by atoms with Crippen molar-refractivity contribution >= 4 is 16.7 Å². The third-order valence-corrected chi connectivity index (χ3v) is 7.65. The molecule has 0 aliphatic heterocycles. The molecule has 2 aromatic carbocycles. The standard InChI is InChI=1S/C11H8O2.C10H15.2ClH.Ti/c12-11(13)10-7-3-5-8-4-1-2-6-9(8)10;1-7-6-10(4,5)9(3)8(7)2;;;/h1-7H,(H,12,13);1-5H3;2*1H;/q;;;;+3/p-3. The molecule has 0 heterocycles. The van der Waals surface area contributed by atoms with Gasteiger partial charge in [-0.05, 0) is 0 Å². The average Bonchev–Trinajstić information content (AvgIpc) is 2.72. The number of carbonyl (C=O) groups is 1. The third-order valence-electron chi connectivity index (χ3n) is 5.32. The molecule has 0 spiro atoms. The predicted molar refractivity (Wildman–Crippen MR) is 94.2 cm³/mol. The summed E-state index contributed by atoms with van der Waals surface area (Å²) >= 11 is -0.953. The second kappa shape index (κ2) is 8.76. The molecule has 0 aromatic heterocycles. The summed E-state index contributed by atoms with van der Waals surface area (Å²) in [6, 6.07) is 13.7. The molecule has 0 unspecified atom stereocenters. The van der Waals surface area contributed by atoms with Gasteiger partial charge >= 0.3 is 153 Å². The molecule has 0 N–H and O–H groups in total. The van der Waals surface area contributed by atoms with Gasteiger partial charge in [0.15, 0.2) is 0 Å². The van der Waals surface area contributed by atoms with Crippen molar-refractivity contribution in [2.45, 2.75) is 34.6 Å². The van der Waals surface area contributed by atoms with Crippen LogP contribution in [0.25, 0.3) is 10.8 Å². The Kier molecular flexibility index (Phi) is 7.74. The van der Waals surface area contributed by atoms with Gasteiger partial charge in [0, 0.05) is 0 Å². The van der Waals surface area contributed by atoms with Crippen LogP contribution in [0.15, 0.2) is 63.1 Å². The van der Waals surface area contributed by atoms with Crippen LogP contribution in [0.1, 0.15) is 45.0 Å². The number of halogens is 2. The minimum atomic E-state index is -0.953. The van der Waals surface area contributed by atoms with E-state index in [1.807, 2.05) is 42.5 Å². The van der Waals surface area contributed by atoms with Crippen LogP contribution in [-0.2, 0) is 22.9 Å². The molecule has 0 radical (unpaired) electrons. The van der Waals surface area contributed by atoms with Crippen LogP contribution in [0.3, 0.4) is 0 Å². The molecule has 1 aliphatic carbocycles. The Morgan fingerprint density at radius 1 is 0.923 bits per heavy atom. The summed E-state index contributed by atoms with van der Waals surface area (Å²) in [6.07, 6.45) is 0. The average molecular weight is 425 g/mol. The van der Waals surface area contributed by atoms with E-state index in [0.717, 1.165) is 10.8 Å². The summed E-state index contributed by atoms with van der Waals surface area (Å²) in [5.74, 6) is -0.204. The maximum absolute atomic E-state index is 12.7. The quantitative estimate of drug-likeness (QED) is 0.629. The zero-order chi connectivity index (χ0) is 17.5. The zero-order valence-electron chi connectivity index (χ0n) is 15.6. The van der Waals surface area contributed by atoms with Crippen molar-refractivity contribution in [3.8, 4) is 0 Å². The molecule has 0 bridgehead atoms. The van der Waals surface area contributed by atoms with Crippen LogP contribution in [0, 0.1) is 5.41 Å². The summed E-state index contributed by atoms with van der Waals surface area (Å²) in [4.78, 5) is 12.7. The van der Waals surface area contributed by atoms with Gasteiger partial charge in [0.1, 0.15) is 0 Å². The van der Waals surface area contributed by atoms with Crippen LogP contribution in [0.2, 0.25) is 0 Å². The van der Waals surface area contributed by atoms with Crippen LogP contribution in [-0.4, -0.2) is 5.97 Å². The summed E-state index contributed by atoms with van der Waals surface area (Å²) in [6.45, 7) is 11.0. The van der Waals surface area contributed by atoms with Crippen LogP contribution in [0.5, 0.6) is 0 Å². The van der Waals surface area contributed by atoms with Gasteiger partial charge in [0.05, 0.1) is 0 Å². The van der Waals surface area contributed by atoms with Crippen LogP contribution < -0.4 is 24.8 Å². The molecular weight excluding hydrogens is 403 g/mol. The first-order chi connectivity index (χ1) is 11.3. The van der Waals surface area contributed by atoms with Crippen molar-refractivity contribution < 1.29 is 52.5 Å². The third kappa shape index (κ3) is 3.94. The topological polar surface area (TPSA) is 26.3 Å². The number of carbonyl (C=O) groups excluding carboxylic acids is 1. The van der Waals surface area contributed by atoms with Crippen molar-refractivity contribution in [3.05, 3.63) is 68.6 Å². The second-order valence-electron chi connectivity index (χ2n) is 6.89. The number of benzene rings is 2. The summed E-state index contributed by atoms with van der Waals surface area (Å²) in [5, 5.41) is 2.02. The van der Waals surface area contributed by atoms with E-state index in [0.29, 0.717) is 5.56 Å². The summed E-state index contributed by atoms with van der Waals surface area (Å²) in [7, 11) is 0. The Bertz CT molecular complexity index is 893. The molecule has 0 atom stereocenters. The first kappa shape index (κ1) is 23.0. The molecular formula is C21H22Cl2O2Ti. The van der Waals surface area contributed by atoms with Crippen molar-refractivity contribution in [1.82, 2.24) is 0 Å². The number of allylic oxidation sites excluding steroid dienone is 4. The van der Waals surface area contributed by atoms with Gasteiger partial charge < -0.3 is 24.8 Å². The Hall–Kier alpha value is -1.06. The van der Waals surface area contributed by atoms with E-state index in [-0.39, 0.29) is 36.2 Å². The smallest absolute Gasteiger partial charge is 1.00 e. The Labute approximate surface area is 177 Å². The van der Waals surface area contributed by atoms with E-state index in [1.165, 1.54) is 20.6 Å². The fourth-order valence-electron chi connectivity index (χ4n) is 3.35. The van der Waals surface area contributed by atoms with Crippen LogP contribution >= 0.6 is 0 Å². The first-order valence-electron chi connectivity index (χ1n) is 8.18. The van der Waals surface area contributed by atoms with Gasteiger partial charge in [0.25, 0.3) is 0 Å². The normalized spacial score (nSPS) is 15.3. The zero-order valence-corrected chi connectivity index (χ0v) is 18.7. The van der Waals surface area contributed by atoms with Gasteiger partial charge in [0.2, 0.25) is 0 Å². The first-order valence-corrected chi connectivity index (χ1v) is 9.60. The molecule has 0 saturated carbocycles. The number of hydrogen-bond donors (Lipinski definition) is 0. The summed E-state index contributed by atoms with van der Waals surface area (Å²) in [5.41, 5.74) is 4.71. The van der Waals surface area contributed by atoms with Crippen molar-refractivity contribution in [3.63, 3.8) is 0 Å². The molecule has 2 nitrogen and oxygen atoms in total. The van der Waals surface area contributed by atoms with Gasteiger partial charge in [-0.3, -0.25) is 0 Å². The monoisotopic (exact) mass is 424 g/mol. The minimum Gasteiger partial charge on any atom is -1.00 e. The van der Waals surface area contributed by atoms with Gasteiger partial charge in [-0.1, -0.05) is 0 Å². The molecule has 0 saturated heterocycles. The Morgan fingerprint density at radius 2 is 1.54 bits per heavy atom. The molecule has 1 aliphatic rings. The van der Waals surface area contributed by atoms with Crippen molar-refractivity contribution in [2.75, 3.05) is 0 Å². The van der Waals surface area contributed by atoms with E-state index in [1.54, 1.807) is 0 Å². The van der Waals surface area contributed by atoms with Crippen molar-refractivity contribution in [1.29, 1.82) is 0 Å². The molecule has 0 amide bonds. The fraction of sp³-hybridized carbons (Fsp3) is 0.286. The van der Waals surface area contributed by atoms with Crippen molar-refractivity contribution in [2.24, 2.45) is 5.41 Å². The molecule has 26 heavy (non-hydrogen) atoms. The molecule has 3 rings (SSSR count).